The summed E-state index contributed by atoms with van der Waals surface area (Å²) in [5, 5.41) is 0. The SMILES string of the molecule is CO[C@]1(C)CCC[C@]2(C)CC[C@@H](C(C)(C)OC(C)=O)CC21. The molecule has 3 heteroatoms. The van der Waals surface area contributed by atoms with Crippen molar-refractivity contribution in [2.24, 2.45) is 17.3 Å². The molecule has 0 bridgehead atoms. The minimum absolute atomic E-state index is 0.0298. The Balaban J connectivity index is 2.20. The Hall–Kier alpha value is -0.570. The standard InChI is InChI=1S/C18H32O3/c1-13(19)21-16(2,3)14-8-11-17(4)9-7-10-18(5,20-6)15(17)12-14/h14-15H,7-12H2,1-6H3/t14-,15?,17-,18-/m1/s1. The highest BCUT2D eigenvalue weighted by atomic mass is 16.6. The van der Waals surface area contributed by atoms with Crippen LogP contribution >= 0.6 is 0 Å². The molecule has 2 rings (SSSR count). The summed E-state index contributed by atoms with van der Waals surface area (Å²) < 4.78 is 11.6. The van der Waals surface area contributed by atoms with Gasteiger partial charge in [-0.3, -0.25) is 4.79 Å². The van der Waals surface area contributed by atoms with Crippen LogP contribution in [0.3, 0.4) is 0 Å². The maximum Gasteiger partial charge on any atom is 0.303 e. The summed E-state index contributed by atoms with van der Waals surface area (Å²) in [6.07, 6.45) is 7.16. The van der Waals surface area contributed by atoms with Gasteiger partial charge in [0.05, 0.1) is 5.60 Å². The Bertz CT molecular complexity index is 393. The molecule has 0 aromatic heterocycles. The molecule has 0 N–H and O–H groups in total. The van der Waals surface area contributed by atoms with Crippen LogP contribution in [0.15, 0.2) is 0 Å². The first kappa shape index (κ1) is 16.8. The van der Waals surface area contributed by atoms with E-state index >= 15 is 0 Å². The third-order valence-electron chi connectivity index (χ3n) is 6.44. The summed E-state index contributed by atoms with van der Waals surface area (Å²) in [5.74, 6) is 0.802. The van der Waals surface area contributed by atoms with Crippen molar-refractivity contribution in [1.82, 2.24) is 0 Å². The molecule has 0 aromatic rings. The fourth-order valence-corrected chi connectivity index (χ4v) is 5.00. The van der Waals surface area contributed by atoms with Gasteiger partial charge in [0.1, 0.15) is 5.60 Å². The van der Waals surface area contributed by atoms with E-state index in [0.717, 1.165) is 19.3 Å². The summed E-state index contributed by atoms with van der Waals surface area (Å²) in [7, 11) is 1.85. The van der Waals surface area contributed by atoms with E-state index < -0.39 is 0 Å². The van der Waals surface area contributed by atoms with Crippen LogP contribution in [0.5, 0.6) is 0 Å². The molecule has 0 radical (unpaired) electrons. The van der Waals surface area contributed by atoms with E-state index in [1.165, 1.54) is 26.2 Å². The first-order chi connectivity index (χ1) is 9.63. The number of carbonyl (C=O) groups excluding carboxylic acids is 1. The molecule has 2 fully saturated rings. The number of methoxy groups -OCH3 is 1. The average molecular weight is 296 g/mol. The van der Waals surface area contributed by atoms with E-state index in [2.05, 4.69) is 27.7 Å². The average Bonchev–Trinajstić information content (AvgIpc) is 2.36. The van der Waals surface area contributed by atoms with Crippen LogP contribution in [-0.2, 0) is 14.3 Å². The van der Waals surface area contributed by atoms with Crippen LogP contribution in [-0.4, -0.2) is 24.3 Å². The van der Waals surface area contributed by atoms with Crippen molar-refractivity contribution in [1.29, 1.82) is 0 Å². The topological polar surface area (TPSA) is 35.5 Å². The van der Waals surface area contributed by atoms with Crippen molar-refractivity contribution in [3.8, 4) is 0 Å². The molecule has 2 aliphatic carbocycles. The van der Waals surface area contributed by atoms with Crippen molar-refractivity contribution >= 4 is 5.97 Å². The van der Waals surface area contributed by atoms with Gasteiger partial charge in [-0.15, -0.1) is 0 Å². The quantitative estimate of drug-likeness (QED) is 0.727. The molecule has 122 valence electrons. The van der Waals surface area contributed by atoms with Gasteiger partial charge in [0.15, 0.2) is 0 Å². The van der Waals surface area contributed by atoms with E-state index in [1.807, 2.05) is 7.11 Å². The number of carbonyl (C=O) groups is 1. The van der Waals surface area contributed by atoms with Gasteiger partial charge < -0.3 is 9.47 Å². The van der Waals surface area contributed by atoms with Crippen molar-refractivity contribution in [2.75, 3.05) is 7.11 Å². The first-order valence-corrected chi connectivity index (χ1v) is 8.38. The molecular formula is C18H32O3. The summed E-state index contributed by atoms with van der Waals surface area (Å²) in [5.41, 5.74) is -0.0248. The summed E-state index contributed by atoms with van der Waals surface area (Å²) >= 11 is 0. The van der Waals surface area contributed by atoms with E-state index in [-0.39, 0.29) is 17.2 Å². The van der Waals surface area contributed by atoms with E-state index in [1.54, 1.807) is 0 Å². The van der Waals surface area contributed by atoms with Crippen molar-refractivity contribution in [3.63, 3.8) is 0 Å². The zero-order chi connectivity index (χ0) is 15.9. The molecule has 0 heterocycles. The smallest absolute Gasteiger partial charge is 0.303 e. The number of rotatable bonds is 3. The monoisotopic (exact) mass is 296 g/mol. The Morgan fingerprint density at radius 3 is 2.43 bits per heavy atom. The van der Waals surface area contributed by atoms with Gasteiger partial charge >= 0.3 is 5.97 Å². The molecular weight excluding hydrogens is 264 g/mol. The molecule has 2 saturated carbocycles. The Morgan fingerprint density at radius 2 is 1.86 bits per heavy atom. The molecule has 0 spiro atoms. The van der Waals surface area contributed by atoms with Gasteiger partial charge in [-0.25, -0.2) is 0 Å². The molecule has 2 aliphatic rings. The van der Waals surface area contributed by atoms with E-state index in [4.69, 9.17) is 9.47 Å². The normalized spacial score (nSPS) is 40.5. The summed E-state index contributed by atoms with van der Waals surface area (Å²) in [4.78, 5) is 11.4. The number of ether oxygens (including phenoxy) is 2. The van der Waals surface area contributed by atoms with Crippen LogP contribution in [0.4, 0.5) is 0 Å². The van der Waals surface area contributed by atoms with Crippen molar-refractivity contribution in [3.05, 3.63) is 0 Å². The second-order valence-electron chi connectivity index (χ2n) is 8.25. The minimum Gasteiger partial charge on any atom is -0.460 e. The molecule has 21 heavy (non-hydrogen) atoms. The molecule has 1 unspecified atom stereocenters. The zero-order valence-corrected chi connectivity index (χ0v) is 14.6. The summed E-state index contributed by atoms with van der Waals surface area (Å²) in [6.45, 7) is 10.3. The fourth-order valence-electron chi connectivity index (χ4n) is 5.00. The minimum atomic E-state index is -0.376. The molecule has 4 atom stereocenters. The molecule has 3 nitrogen and oxygen atoms in total. The van der Waals surface area contributed by atoms with E-state index in [9.17, 15) is 4.79 Å². The molecule has 0 aromatic carbocycles. The fraction of sp³-hybridized carbons (Fsp3) is 0.944. The predicted octanol–water partition coefficient (Wildman–Crippen LogP) is 4.34. The third-order valence-corrected chi connectivity index (χ3v) is 6.44. The van der Waals surface area contributed by atoms with Crippen LogP contribution in [0.25, 0.3) is 0 Å². The van der Waals surface area contributed by atoms with Gasteiger partial charge in [0, 0.05) is 14.0 Å². The molecule has 0 amide bonds. The van der Waals surface area contributed by atoms with Gasteiger partial charge in [0.25, 0.3) is 0 Å². The number of fused-ring (bicyclic) bond motifs is 1. The number of hydrogen-bond donors (Lipinski definition) is 0. The lowest BCUT2D eigenvalue weighted by Crippen LogP contribution is -2.54. The van der Waals surface area contributed by atoms with Crippen LogP contribution in [0.2, 0.25) is 0 Å². The Kier molecular flexibility index (Phi) is 4.45. The lowest BCUT2D eigenvalue weighted by Gasteiger charge is -2.57. The Morgan fingerprint density at radius 1 is 1.19 bits per heavy atom. The van der Waals surface area contributed by atoms with Crippen LogP contribution in [0, 0.1) is 17.3 Å². The highest BCUT2D eigenvalue weighted by Gasteiger charge is 2.54. The van der Waals surface area contributed by atoms with Crippen molar-refractivity contribution in [2.45, 2.75) is 84.3 Å². The van der Waals surface area contributed by atoms with E-state index in [0.29, 0.717) is 17.3 Å². The Labute approximate surface area is 129 Å². The second-order valence-corrected chi connectivity index (χ2v) is 8.25. The maximum atomic E-state index is 11.4. The van der Waals surface area contributed by atoms with Gasteiger partial charge in [-0.05, 0) is 70.1 Å². The largest absolute Gasteiger partial charge is 0.460 e. The maximum absolute atomic E-state index is 11.4. The lowest BCUT2D eigenvalue weighted by atomic mass is 9.52. The highest BCUT2D eigenvalue weighted by Crippen LogP contribution is 2.57. The number of hydrogen-bond acceptors (Lipinski definition) is 3. The molecule has 0 saturated heterocycles. The highest BCUT2D eigenvalue weighted by molar-refractivity contribution is 5.66. The lowest BCUT2D eigenvalue weighted by molar-refractivity contribution is -0.177. The van der Waals surface area contributed by atoms with Gasteiger partial charge in [-0.2, -0.15) is 0 Å². The zero-order valence-electron chi connectivity index (χ0n) is 14.6. The van der Waals surface area contributed by atoms with Crippen molar-refractivity contribution < 1.29 is 14.3 Å². The van der Waals surface area contributed by atoms with Gasteiger partial charge in [0.2, 0.25) is 0 Å². The third kappa shape index (κ3) is 3.13. The second kappa shape index (κ2) is 5.57. The molecule has 0 aliphatic heterocycles. The summed E-state index contributed by atoms with van der Waals surface area (Å²) in [6, 6.07) is 0. The van der Waals surface area contributed by atoms with Crippen LogP contribution < -0.4 is 0 Å². The predicted molar refractivity (Wildman–Crippen MR) is 84.0 cm³/mol. The van der Waals surface area contributed by atoms with Crippen LogP contribution in [0.1, 0.15) is 73.1 Å². The first-order valence-electron chi connectivity index (χ1n) is 8.38. The van der Waals surface area contributed by atoms with Gasteiger partial charge in [-0.1, -0.05) is 13.3 Å². The number of esters is 1.